The molecule has 5 heteroatoms. The van der Waals surface area contributed by atoms with Gasteiger partial charge in [-0.3, -0.25) is 0 Å². The Morgan fingerprint density at radius 3 is 2.07 bits per heavy atom. The van der Waals surface area contributed by atoms with Crippen molar-refractivity contribution in [1.82, 2.24) is 0 Å². The maximum Gasteiger partial charge on any atom is 0.276 e. The molecule has 0 aromatic carbocycles. The number of alkyl halides is 2. The number of hydrogen-bond donors (Lipinski definition) is 1. The van der Waals surface area contributed by atoms with Crippen molar-refractivity contribution in [2.24, 2.45) is 5.73 Å². The van der Waals surface area contributed by atoms with Crippen molar-refractivity contribution < 1.29 is 13.5 Å². The van der Waals surface area contributed by atoms with E-state index in [1.54, 1.807) is 0 Å². The Morgan fingerprint density at radius 1 is 1.14 bits per heavy atom. The molecule has 2 N–H and O–H groups in total. The second-order valence-electron chi connectivity index (χ2n) is 4.13. The summed E-state index contributed by atoms with van der Waals surface area (Å²) < 4.78 is 30.2. The van der Waals surface area contributed by atoms with Gasteiger partial charge in [0.1, 0.15) is 6.10 Å². The molecule has 2 nitrogen and oxygen atoms in total. The molecule has 0 radical (unpaired) electrons. The van der Waals surface area contributed by atoms with Crippen molar-refractivity contribution in [1.29, 1.82) is 0 Å². The van der Waals surface area contributed by atoms with Crippen molar-refractivity contribution in [3.8, 4) is 0 Å². The standard InChI is InChI=1S/C9H15F2NO.ClH/c10-9(11)5-8(9)13-7-3-1-6(12)2-4-7;/h6-8H,1-5,12H2;1H. The average Bonchev–Trinajstić information content (AvgIpc) is 2.64. The molecule has 0 amide bonds. The molecule has 0 heterocycles. The van der Waals surface area contributed by atoms with Gasteiger partial charge < -0.3 is 10.5 Å². The number of rotatable bonds is 2. The highest BCUT2D eigenvalue weighted by Crippen LogP contribution is 2.45. The van der Waals surface area contributed by atoms with E-state index in [0.29, 0.717) is 0 Å². The van der Waals surface area contributed by atoms with Crippen LogP contribution >= 0.6 is 12.4 Å². The maximum atomic E-state index is 12.5. The van der Waals surface area contributed by atoms with Crippen LogP contribution in [-0.2, 0) is 4.74 Å². The van der Waals surface area contributed by atoms with E-state index in [-0.39, 0.29) is 31.0 Å². The van der Waals surface area contributed by atoms with Crippen LogP contribution in [-0.4, -0.2) is 24.2 Å². The molecule has 2 aliphatic carbocycles. The fourth-order valence-electron chi connectivity index (χ4n) is 1.79. The summed E-state index contributed by atoms with van der Waals surface area (Å²) in [5.41, 5.74) is 5.69. The van der Waals surface area contributed by atoms with Crippen LogP contribution in [0.5, 0.6) is 0 Å². The summed E-state index contributed by atoms with van der Waals surface area (Å²) in [5.74, 6) is -2.54. The molecule has 0 aromatic rings. The molecule has 2 fully saturated rings. The second-order valence-corrected chi connectivity index (χ2v) is 4.13. The van der Waals surface area contributed by atoms with Crippen molar-refractivity contribution >= 4 is 12.4 Å². The highest BCUT2D eigenvalue weighted by Gasteiger charge is 2.59. The number of halogens is 3. The summed E-state index contributed by atoms with van der Waals surface area (Å²) in [6, 6.07) is 0.250. The fourth-order valence-corrected chi connectivity index (χ4v) is 1.79. The van der Waals surface area contributed by atoms with Gasteiger partial charge in [0.25, 0.3) is 5.92 Å². The van der Waals surface area contributed by atoms with E-state index < -0.39 is 12.0 Å². The van der Waals surface area contributed by atoms with Crippen LogP contribution in [0.25, 0.3) is 0 Å². The molecule has 1 unspecified atom stereocenters. The fraction of sp³-hybridized carbons (Fsp3) is 1.00. The van der Waals surface area contributed by atoms with Crippen LogP contribution < -0.4 is 5.73 Å². The van der Waals surface area contributed by atoms with Gasteiger partial charge in [0.2, 0.25) is 0 Å². The lowest BCUT2D eigenvalue weighted by Crippen LogP contribution is -2.31. The first-order valence-corrected chi connectivity index (χ1v) is 4.87. The summed E-state index contributed by atoms with van der Waals surface area (Å²) >= 11 is 0. The third-order valence-electron chi connectivity index (χ3n) is 2.84. The Morgan fingerprint density at radius 2 is 1.64 bits per heavy atom. The zero-order valence-electron chi connectivity index (χ0n) is 7.92. The van der Waals surface area contributed by atoms with Gasteiger partial charge in [0.05, 0.1) is 6.10 Å². The molecule has 2 aliphatic rings. The molecule has 0 saturated heterocycles. The monoisotopic (exact) mass is 227 g/mol. The van der Waals surface area contributed by atoms with Crippen molar-refractivity contribution in [3.05, 3.63) is 0 Å². The largest absolute Gasteiger partial charge is 0.368 e. The summed E-state index contributed by atoms with van der Waals surface area (Å²) in [6.07, 6.45) is 2.63. The van der Waals surface area contributed by atoms with Crippen molar-refractivity contribution in [3.63, 3.8) is 0 Å². The summed E-state index contributed by atoms with van der Waals surface area (Å²) in [5, 5.41) is 0. The van der Waals surface area contributed by atoms with Gasteiger partial charge in [0.15, 0.2) is 0 Å². The molecule has 14 heavy (non-hydrogen) atoms. The van der Waals surface area contributed by atoms with Gasteiger partial charge in [0, 0.05) is 12.5 Å². The lowest BCUT2D eigenvalue weighted by Gasteiger charge is -2.26. The smallest absolute Gasteiger partial charge is 0.276 e. The molecule has 0 aliphatic heterocycles. The topological polar surface area (TPSA) is 35.2 Å². The molecular weight excluding hydrogens is 212 g/mol. The first-order chi connectivity index (χ1) is 6.08. The molecule has 84 valence electrons. The molecule has 2 saturated carbocycles. The predicted molar refractivity (Wildman–Crippen MR) is 51.9 cm³/mol. The van der Waals surface area contributed by atoms with Gasteiger partial charge in [-0.2, -0.15) is 0 Å². The predicted octanol–water partition coefficient (Wildman–Crippen LogP) is 2.10. The molecule has 0 spiro atoms. The van der Waals surface area contributed by atoms with E-state index in [2.05, 4.69) is 0 Å². The Kier molecular flexibility index (Phi) is 3.72. The highest BCUT2D eigenvalue weighted by molar-refractivity contribution is 5.85. The molecule has 0 bridgehead atoms. The van der Waals surface area contributed by atoms with E-state index in [9.17, 15) is 8.78 Å². The quantitative estimate of drug-likeness (QED) is 0.784. The van der Waals surface area contributed by atoms with E-state index in [1.807, 2.05) is 0 Å². The van der Waals surface area contributed by atoms with Crippen LogP contribution in [0.3, 0.4) is 0 Å². The number of ether oxygens (including phenoxy) is 1. The molecular formula is C9H16ClF2NO. The van der Waals surface area contributed by atoms with Crippen molar-refractivity contribution in [2.75, 3.05) is 0 Å². The zero-order valence-corrected chi connectivity index (χ0v) is 8.73. The first kappa shape index (κ1) is 12.1. The van der Waals surface area contributed by atoms with Crippen molar-refractivity contribution in [2.45, 2.75) is 56.3 Å². The van der Waals surface area contributed by atoms with Gasteiger partial charge in [-0.25, -0.2) is 8.78 Å². The van der Waals surface area contributed by atoms with Gasteiger partial charge in [-0.15, -0.1) is 12.4 Å². The molecule has 0 aromatic heterocycles. The Labute approximate surface area is 88.6 Å². The van der Waals surface area contributed by atoms with Gasteiger partial charge in [-0.05, 0) is 25.7 Å². The molecule has 2 rings (SSSR count). The Balaban J connectivity index is 0.000000980. The number of nitrogens with two attached hydrogens (primary N) is 1. The lowest BCUT2D eigenvalue weighted by atomic mass is 9.94. The minimum Gasteiger partial charge on any atom is -0.368 e. The van der Waals surface area contributed by atoms with Crippen LogP contribution in [0.15, 0.2) is 0 Å². The summed E-state index contributed by atoms with van der Waals surface area (Å²) in [7, 11) is 0. The van der Waals surface area contributed by atoms with Crippen LogP contribution in [0.4, 0.5) is 8.78 Å². The minimum absolute atomic E-state index is 0. The number of hydrogen-bond acceptors (Lipinski definition) is 2. The summed E-state index contributed by atoms with van der Waals surface area (Å²) in [4.78, 5) is 0. The third kappa shape index (κ3) is 2.78. The van der Waals surface area contributed by atoms with E-state index in [0.717, 1.165) is 25.7 Å². The zero-order chi connectivity index (χ0) is 9.47. The van der Waals surface area contributed by atoms with E-state index in [1.165, 1.54) is 0 Å². The van der Waals surface area contributed by atoms with Gasteiger partial charge in [-0.1, -0.05) is 0 Å². The summed E-state index contributed by atoms with van der Waals surface area (Å²) in [6.45, 7) is 0. The van der Waals surface area contributed by atoms with E-state index >= 15 is 0 Å². The second kappa shape index (κ2) is 4.29. The van der Waals surface area contributed by atoms with Gasteiger partial charge >= 0.3 is 0 Å². The van der Waals surface area contributed by atoms with Crippen LogP contribution in [0, 0.1) is 0 Å². The normalized spacial score (nSPS) is 40.1. The van der Waals surface area contributed by atoms with Crippen LogP contribution in [0.2, 0.25) is 0 Å². The highest BCUT2D eigenvalue weighted by atomic mass is 35.5. The Bertz CT molecular complexity index is 195. The Hall–Kier alpha value is 0.0700. The van der Waals surface area contributed by atoms with Crippen LogP contribution in [0.1, 0.15) is 32.1 Å². The molecule has 1 atom stereocenters. The maximum absolute atomic E-state index is 12.5. The average molecular weight is 228 g/mol. The first-order valence-electron chi connectivity index (χ1n) is 4.87. The minimum atomic E-state index is -2.54. The lowest BCUT2D eigenvalue weighted by molar-refractivity contribution is -0.0406. The SMILES string of the molecule is Cl.NC1CCC(OC2CC2(F)F)CC1. The van der Waals surface area contributed by atoms with E-state index in [4.69, 9.17) is 10.5 Å². The third-order valence-corrected chi connectivity index (χ3v) is 2.84.